The normalized spacial score (nSPS) is 32.6. The summed E-state index contributed by atoms with van der Waals surface area (Å²) in [6.07, 6.45) is 1.89. The fourth-order valence-electron chi connectivity index (χ4n) is 5.88. The van der Waals surface area contributed by atoms with E-state index in [9.17, 15) is 14.4 Å². The summed E-state index contributed by atoms with van der Waals surface area (Å²) in [5.74, 6) is -0.0527. The zero-order valence-corrected chi connectivity index (χ0v) is 17.0. The number of amides is 3. The molecule has 0 aromatic heterocycles. The van der Waals surface area contributed by atoms with Crippen molar-refractivity contribution in [2.45, 2.75) is 64.3 Å². The van der Waals surface area contributed by atoms with Gasteiger partial charge in [0.05, 0.1) is 0 Å². The average molecular weight is 396 g/mol. The summed E-state index contributed by atoms with van der Waals surface area (Å²) in [5.41, 5.74) is 2.96. The average Bonchev–Trinajstić information content (AvgIpc) is 3.26. The van der Waals surface area contributed by atoms with E-state index >= 15 is 0 Å². The lowest BCUT2D eigenvalue weighted by Crippen LogP contribution is -2.68. The highest BCUT2D eigenvalue weighted by Gasteiger charge is 2.57. The second-order valence-electron chi connectivity index (χ2n) is 9.46. The number of piperidine rings is 1. The van der Waals surface area contributed by atoms with E-state index in [-0.39, 0.29) is 29.6 Å². The van der Waals surface area contributed by atoms with Crippen LogP contribution in [0.5, 0.6) is 0 Å². The Morgan fingerprint density at radius 2 is 2.03 bits per heavy atom. The molecular weight excluding hydrogens is 368 g/mol. The standard InChI is InChI=1S/C22H28N4O3/c1-22(2)18-14(7-8-23-18)19(22)24-10-12-3-4-13-11-26(21(29)15(13)9-12)16-5-6-17(27)25-20(16)28/h3-4,9,14,16,18-19,23-24H,5-8,10-11H2,1-2H3,(H,25,27,28). The summed E-state index contributed by atoms with van der Waals surface area (Å²) in [6.45, 7) is 6.89. The molecule has 29 heavy (non-hydrogen) atoms. The molecule has 2 saturated heterocycles. The molecule has 7 heteroatoms. The molecule has 7 nitrogen and oxygen atoms in total. The van der Waals surface area contributed by atoms with Crippen LogP contribution in [0.4, 0.5) is 0 Å². The number of nitrogens with one attached hydrogen (secondary N) is 3. The first-order valence-electron chi connectivity index (χ1n) is 10.6. The summed E-state index contributed by atoms with van der Waals surface area (Å²) >= 11 is 0. The second kappa shape index (κ2) is 6.64. The van der Waals surface area contributed by atoms with Crippen molar-refractivity contribution in [3.05, 3.63) is 34.9 Å². The molecular formula is C22H28N4O3. The van der Waals surface area contributed by atoms with E-state index < -0.39 is 6.04 Å². The Morgan fingerprint density at radius 3 is 2.83 bits per heavy atom. The highest BCUT2D eigenvalue weighted by Crippen LogP contribution is 2.49. The van der Waals surface area contributed by atoms with Crippen LogP contribution in [0, 0.1) is 11.3 Å². The largest absolute Gasteiger partial charge is 0.322 e. The minimum absolute atomic E-state index is 0.111. The maximum atomic E-state index is 13.0. The Balaban J connectivity index is 1.27. The van der Waals surface area contributed by atoms with E-state index in [0.717, 1.165) is 24.2 Å². The number of imide groups is 1. The molecule has 154 valence electrons. The number of carbonyl (C=O) groups excluding carboxylic acids is 3. The summed E-state index contributed by atoms with van der Waals surface area (Å²) in [6, 6.07) is 6.56. The van der Waals surface area contributed by atoms with Crippen molar-refractivity contribution < 1.29 is 14.4 Å². The van der Waals surface area contributed by atoms with Gasteiger partial charge in [-0.05, 0) is 47.9 Å². The smallest absolute Gasteiger partial charge is 0.255 e. The van der Waals surface area contributed by atoms with Crippen LogP contribution in [0.25, 0.3) is 0 Å². The molecule has 3 fully saturated rings. The van der Waals surface area contributed by atoms with Gasteiger partial charge in [-0.15, -0.1) is 0 Å². The zero-order valence-electron chi connectivity index (χ0n) is 17.0. The lowest BCUT2D eigenvalue weighted by atomic mass is 9.56. The highest BCUT2D eigenvalue weighted by atomic mass is 16.2. The Hall–Kier alpha value is -2.25. The number of hydrogen-bond acceptors (Lipinski definition) is 5. The first kappa shape index (κ1) is 18.8. The minimum Gasteiger partial charge on any atom is -0.322 e. The molecule has 0 spiro atoms. The van der Waals surface area contributed by atoms with E-state index in [0.29, 0.717) is 36.5 Å². The third-order valence-corrected chi connectivity index (χ3v) is 7.42. The molecule has 3 amide bonds. The summed E-state index contributed by atoms with van der Waals surface area (Å²) in [7, 11) is 0. The fraction of sp³-hybridized carbons (Fsp3) is 0.591. The molecule has 5 rings (SSSR count). The van der Waals surface area contributed by atoms with Gasteiger partial charge in [0.25, 0.3) is 5.91 Å². The van der Waals surface area contributed by atoms with Crippen LogP contribution >= 0.6 is 0 Å². The van der Waals surface area contributed by atoms with E-state index in [4.69, 9.17) is 0 Å². The van der Waals surface area contributed by atoms with Gasteiger partial charge in [0.15, 0.2) is 0 Å². The van der Waals surface area contributed by atoms with Gasteiger partial charge >= 0.3 is 0 Å². The van der Waals surface area contributed by atoms with E-state index in [2.05, 4.69) is 35.9 Å². The van der Waals surface area contributed by atoms with Crippen molar-refractivity contribution in [3.8, 4) is 0 Å². The maximum Gasteiger partial charge on any atom is 0.255 e. The monoisotopic (exact) mass is 396 g/mol. The molecule has 3 N–H and O–H groups in total. The highest BCUT2D eigenvalue weighted by molar-refractivity contribution is 6.05. The Labute approximate surface area is 170 Å². The van der Waals surface area contributed by atoms with Crippen molar-refractivity contribution >= 4 is 17.7 Å². The van der Waals surface area contributed by atoms with Gasteiger partial charge in [0, 0.05) is 37.2 Å². The molecule has 0 radical (unpaired) electrons. The second-order valence-corrected chi connectivity index (χ2v) is 9.46. The molecule has 4 unspecified atom stereocenters. The maximum absolute atomic E-state index is 13.0. The van der Waals surface area contributed by atoms with Gasteiger partial charge in [-0.1, -0.05) is 26.0 Å². The van der Waals surface area contributed by atoms with Crippen LogP contribution < -0.4 is 16.0 Å². The van der Waals surface area contributed by atoms with Gasteiger partial charge in [0.1, 0.15) is 6.04 Å². The summed E-state index contributed by atoms with van der Waals surface area (Å²) in [5, 5.41) is 9.69. The van der Waals surface area contributed by atoms with Gasteiger partial charge in [0.2, 0.25) is 11.8 Å². The Bertz CT molecular complexity index is 896. The molecule has 4 atom stereocenters. The van der Waals surface area contributed by atoms with Crippen LogP contribution in [0.3, 0.4) is 0 Å². The summed E-state index contributed by atoms with van der Waals surface area (Å²) < 4.78 is 0. The molecule has 0 bridgehead atoms. The van der Waals surface area contributed by atoms with Crippen molar-refractivity contribution in [1.82, 2.24) is 20.9 Å². The fourth-order valence-corrected chi connectivity index (χ4v) is 5.88. The van der Waals surface area contributed by atoms with E-state index in [1.165, 1.54) is 6.42 Å². The van der Waals surface area contributed by atoms with Gasteiger partial charge in [-0.2, -0.15) is 0 Å². The van der Waals surface area contributed by atoms with E-state index in [1.807, 2.05) is 12.1 Å². The van der Waals surface area contributed by atoms with Crippen LogP contribution in [0.15, 0.2) is 18.2 Å². The van der Waals surface area contributed by atoms with Crippen molar-refractivity contribution in [1.29, 1.82) is 0 Å². The molecule has 1 aromatic rings. The van der Waals surface area contributed by atoms with Gasteiger partial charge in [-0.25, -0.2) is 0 Å². The third kappa shape index (κ3) is 2.90. The lowest BCUT2D eigenvalue weighted by molar-refractivity contribution is -0.136. The van der Waals surface area contributed by atoms with Gasteiger partial charge < -0.3 is 15.5 Å². The van der Waals surface area contributed by atoms with Crippen LogP contribution in [-0.2, 0) is 22.7 Å². The topological polar surface area (TPSA) is 90.5 Å². The quantitative estimate of drug-likeness (QED) is 0.659. The van der Waals surface area contributed by atoms with Crippen LogP contribution in [-0.4, -0.2) is 47.3 Å². The van der Waals surface area contributed by atoms with Crippen molar-refractivity contribution in [2.24, 2.45) is 11.3 Å². The first-order chi connectivity index (χ1) is 13.9. The van der Waals surface area contributed by atoms with Crippen LogP contribution in [0.1, 0.15) is 54.6 Å². The molecule has 1 aromatic carbocycles. The Kier molecular flexibility index (Phi) is 4.29. The molecule has 4 aliphatic rings. The number of fused-ring (bicyclic) bond motifs is 2. The number of rotatable bonds is 4. The lowest BCUT2D eigenvalue weighted by Gasteiger charge is -2.56. The van der Waals surface area contributed by atoms with Crippen LogP contribution in [0.2, 0.25) is 0 Å². The Morgan fingerprint density at radius 1 is 1.21 bits per heavy atom. The number of carbonyl (C=O) groups is 3. The molecule has 3 heterocycles. The number of nitrogens with zero attached hydrogens (tertiary/aromatic N) is 1. The van der Waals surface area contributed by atoms with Crippen molar-refractivity contribution in [2.75, 3.05) is 6.54 Å². The zero-order chi connectivity index (χ0) is 20.3. The third-order valence-electron chi connectivity index (χ3n) is 7.42. The molecule has 1 saturated carbocycles. The predicted octanol–water partition coefficient (Wildman–Crippen LogP) is 0.924. The molecule has 1 aliphatic carbocycles. The van der Waals surface area contributed by atoms with E-state index in [1.54, 1.807) is 4.90 Å². The first-order valence-corrected chi connectivity index (χ1v) is 10.6. The molecule has 3 aliphatic heterocycles. The predicted molar refractivity (Wildman–Crippen MR) is 107 cm³/mol. The number of hydrogen-bond donors (Lipinski definition) is 3. The number of benzene rings is 1. The SMILES string of the molecule is CC1(C)C2NCCC2C1NCc1ccc2c(c1)C(=O)N(C1CCC(=O)NC1=O)C2. The van der Waals surface area contributed by atoms with Gasteiger partial charge in [-0.3, -0.25) is 19.7 Å². The van der Waals surface area contributed by atoms with Crippen molar-refractivity contribution in [3.63, 3.8) is 0 Å². The summed E-state index contributed by atoms with van der Waals surface area (Å²) in [4.78, 5) is 38.2. The minimum atomic E-state index is -0.559.